The quantitative estimate of drug-likeness (QED) is 0.661. The lowest BCUT2D eigenvalue weighted by Gasteiger charge is -2.12. The van der Waals surface area contributed by atoms with Crippen LogP contribution in [-0.4, -0.2) is 32.5 Å². The van der Waals surface area contributed by atoms with Gasteiger partial charge in [-0.2, -0.15) is 0 Å². The molecular weight excluding hydrogens is 230 g/mol. The summed E-state index contributed by atoms with van der Waals surface area (Å²) in [6.07, 6.45) is 2.76. The van der Waals surface area contributed by atoms with Crippen molar-refractivity contribution in [2.45, 2.75) is 25.8 Å². The number of methoxy groups -OCH3 is 1. The lowest BCUT2D eigenvalue weighted by Crippen LogP contribution is -2.06. The Morgan fingerprint density at radius 1 is 1.17 bits per heavy atom. The molecule has 0 aliphatic rings. The van der Waals surface area contributed by atoms with Crippen LogP contribution >= 0.6 is 0 Å². The molecule has 0 aliphatic carbocycles. The fourth-order valence-electron chi connectivity index (χ4n) is 1.72. The molecule has 1 aromatic carbocycles. The van der Waals surface area contributed by atoms with Crippen LogP contribution < -0.4 is 14.8 Å². The van der Waals surface area contributed by atoms with Crippen LogP contribution in [0.1, 0.15) is 24.8 Å². The Morgan fingerprint density at radius 2 is 2.00 bits per heavy atom. The molecule has 2 N–H and O–H groups in total. The van der Waals surface area contributed by atoms with Crippen molar-refractivity contribution in [3.05, 3.63) is 23.8 Å². The highest BCUT2D eigenvalue weighted by atomic mass is 16.5. The Kier molecular flexibility index (Phi) is 7.22. The molecule has 0 aliphatic heterocycles. The molecule has 0 spiro atoms. The zero-order valence-electron chi connectivity index (χ0n) is 11.2. The van der Waals surface area contributed by atoms with E-state index in [1.54, 1.807) is 7.11 Å². The van der Waals surface area contributed by atoms with Gasteiger partial charge in [-0.3, -0.25) is 0 Å². The van der Waals surface area contributed by atoms with Crippen molar-refractivity contribution >= 4 is 0 Å². The predicted molar refractivity (Wildman–Crippen MR) is 72.2 cm³/mol. The number of aliphatic hydroxyl groups is 1. The summed E-state index contributed by atoms with van der Waals surface area (Å²) in [4.78, 5) is 0. The first-order valence-corrected chi connectivity index (χ1v) is 6.37. The molecule has 0 saturated carbocycles. The maximum Gasteiger partial charge on any atom is 0.161 e. The van der Waals surface area contributed by atoms with Gasteiger partial charge < -0.3 is 19.9 Å². The van der Waals surface area contributed by atoms with Gasteiger partial charge in [0.05, 0.1) is 13.7 Å². The summed E-state index contributed by atoms with van der Waals surface area (Å²) < 4.78 is 11.0. The summed E-state index contributed by atoms with van der Waals surface area (Å²) in [6, 6.07) is 5.96. The van der Waals surface area contributed by atoms with Gasteiger partial charge in [0.2, 0.25) is 0 Å². The Bertz CT molecular complexity index is 342. The maximum absolute atomic E-state index is 8.68. The minimum Gasteiger partial charge on any atom is -0.493 e. The Balaban J connectivity index is 2.48. The summed E-state index contributed by atoms with van der Waals surface area (Å²) in [5, 5.41) is 11.8. The maximum atomic E-state index is 8.68. The van der Waals surface area contributed by atoms with E-state index in [0.717, 1.165) is 37.3 Å². The zero-order chi connectivity index (χ0) is 13.2. The molecule has 1 aromatic rings. The zero-order valence-corrected chi connectivity index (χ0v) is 11.2. The van der Waals surface area contributed by atoms with Crippen LogP contribution in [0.4, 0.5) is 0 Å². The normalized spacial score (nSPS) is 10.4. The van der Waals surface area contributed by atoms with Crippen LogP contribution in [0.25, 0.3) is 0 Å². The molecule has 0 heterocycles. The van der Waals surface area contributed by atoms with E-state index in [4.69, 9.17) is 14.6 Å². The second-order valence-electron chi connectivity index (χ2n) is 4.15. The predicted octanol–water partition coefficient (Wildman–Crippen LogP) is 1.96. The first kappa shape index (κ1) is 14.8. The van der Waals surface area contributed by atoms with Gasteiger partial charge in [-0.1, -0.05) is 6.07 Å². The van der Waals surface area contributed by atoms with Crippen LogP contribution in [0.3, 0.4) is 0 Å². The molecule has 0 unspecified atom stereocenters. The molecule has 0 radical (unpaired) electrons. The summed E-state index contributed by atoms with van der Waals surface area (Å²) in [5.41, 5.74) is 1.17. The van der Waals surface area contributed by atoms with Crippen molar-refractivity contribution in [3.63, 3.8) is 0 Å². The van der Waals surface area contributed by atoms with E-state index >= 15 is 0 Å². The van der Waals surface area contributed by atoms with Gasteiger partial charge in [0.25, 0.3) is 0 Å². The van der Waals surface area contributed by atoms with E-state index in [-0.39, 0.29) is 6.61 Å². The number of aliphatic hydroxyl groups excluding tert-OH is 1. The smallest absolute Gasteiger partial charge is 0.161 e. The Hall–Kier alpha value is -1.26. The molecule has 4 heteroatoms. The summed E-state index contributed by atoms with van der Waals surface area (Å²) in [6.45, 7) is 1.72. The molecule has 0 saturated heterocycles. The van der Waals surface area contributed by atoms with Crippen LogP contribution in [0.5, 0.6) is 11.5 Å². The molecule has 0 fully saturated rings. The number of unbranched alkanes of at least 4 members (excludes halogenated alkanes) is 2. The van der Waals surface area contributed by atoms with Gasteiger partial charge in [0.1, 0.15) is 0 Å². The van der Waals surface area contributed by atoms with Gasteiger partial charge in [-0.15, -0.1) is 0 Å². The second kappa shape index (κ2) is 8.78. The number of hydrogen-bond acceptors (Lipinski definition) is 4. The van der Waals surface area contributed by atoms with Crippen molar-refractivity contribution < 1.29 is 14.6 Å². The van der Waals surface area contributed by atoms with E-state index < -0.39 is 0 Å². The lowest BCUT2D eigenvalue weighted by molar-refractivity contribution is 0.260. The highest BCUT2D eigenvalue weighted by Gasteiger charge is 2.05. The third-order valence-electron chi connectivity index (χ3n) is 2.67. The number of nitrogens with one attached hydrogen (secondary N) is 1. The van der Waals surface area contributed by atoms with Crippen molar-refractivity contribution in [1.29, 1.82) is 0 Å². The van der Waals surface area contributed by atoms with Gasteiger partial charge in [-0.25, -0.2) is 0 Å². The third-order valence-corrected chi connectivity index (χ3v) is 2.67. The van der Waals surface area contributed by atoms with E-state index in [0.29, 0.717) is 6.61 Å². The molecule has 0 bridgehead atoms. The van der Waals surface area contributed by atoms with Gasteiger partial charge in [0, 0.05) is 13.2 Å². The number of rotatable bonds is 9. The van der Waals surface area contributed by atoms with E-state index in [1.807, 2.05) is 25.2 Å². The molecule has 0 aromatic heterocycles. The van der Waals surface area contributed by atoms with Crippen molar-refractivity contribution in [3.8, 4) is 11.5 Å². The van der Waals surface area contributed by atoms with Crippen molar-refractivity contribution in [2.24, 2.45) is 0 Å². The first-order valence-electron chi connectivity index (χ1n) is 6.37. The minimum atomic E-state index is 0.252. The van der Waals surface area contributed by atoms with Crippen LogP contribution in [0.15, 0.2) is 18.2 Å². The van der Waals surface area contributed by atoms with Crippen LogP contribution in [0.2, 0.25) is 0 Å². The minimum absolute atomic E-state index is 0.252. The second-order valence-corrected chi connectivity index (χ2v) is 4.15. The van der Waals surface area contributed by atoms with Gasteiger partial charge in [-0.05, 0) is 44.0 Å². The monoisotopic (exact) mass is 253 g/mol. The van der Waals surface area contributed by atoms with E-state index in [9.17, 15) is 0 Å². The number of benzene rings is 1. The fourth-order valence-corrected chi connectivity index (χ4v) is 1.72. The van der Waals surface area contributed by atoms with Crippen LogP contribution in [0, 0.1) is 0 Å². The first-order chi connectivity index (χ1) is 8.81. The molecule has 4 nitrogen and oxygen atoms in total. The van der Waals surface area contributed by atoms with E-state index in [1.165, 1.54) is 5.56 Å². The van der Waals surface area contributed by atoms with Crippen molar-refractivity contribution in [2.75, 3.05) is 27.4 Å². The molecule has 102 valence electrons. The highest BCUT2D eigenvalue weighted by molar-refractivity contribution is 5.42. The molecule has 0 atom stereocenters. The topological polar surface area (TPSA) is 50.7 Å². The Morgan fingerprint density at radius 3 is 2.67 bits per heavy atom. The fraction of sp³-hybridized carbons (Fsp3) is 0.571. The Labute approximate surface area is 109 Å². The average molecular weight is 253 g/mol. The van der Waals surface area contributed by atoms with Crippen molar-refractivity contribution in [1.82, 2.24) is 5.32 Å². The number of ether oxygens (including phenoxy) is 2. The number of hydrogen-bond donors (Lipinski definition) is 2. The standard InChI is InChI=1S/C14H23NO3/c1-15-11-12-6-7-13(14(10-12)17-2)18-9-5-3-4-8-16/h6-7,10,15-16H,3-5,8-9,11H2,1-2H3. The summed E-state index contributed by atoms with van der Waals surface area (Å²) in [5.74, 6) is 1.55. The lowest BCUT2D eigenvalue weighted by atomic mass is 10.2. The van der Waals surface area contributed by atoms with E-state index in [2.05, 4.69) is 5.32 Å². The van der Waals surface area contributed by atoms with Gasteiger partial charge in [0.15, 0.2) is 11.5 Å². The largest absolute Gasteiger partial charge is 0.493 e. The summed E-state index contributed by atoms with van der Waals surface area (Å²) in [7, 11) is 3.56. The molecular formula is C14H23NO3. The molecule has 18 heavy (non-hydrogen) atoms. The molecule has 0 amide bonds. The van der Waals surface area contributed by atoms with Gasteiger partial charge >= 0.3 is 0 Å². The summed E-state index contributed by atoms with van der Waals surface area (Å²) >= 11 is 0. The third kappa shape index (κ3) is 4.94. The SMILES string of the molecule is CNCc1ccc(OCCCCCO)c(OC)c1. The average Bonchev–Trinajstić information content (AvgIpc) is 2.40. The van der Waals surface area contributed by atoms with Crippen LogP contribution in [-0.2, 0) is 6.54 Å². The highest BCUT2D eigenvalue weighted by Crippen LogP contribution is 2.28. The molecule has 1 rings (SSSR count).